The van der Waals surface area contributed by atoms with Gasteiger partial charge < -0.3 is 9.84 Å². The van der Waals surface area contributed by atoms with Gasteiger partial charge in [-0.2, -0.15) is 0 Å². The molecule has 0 spiro atoms. The Kier molecular flexibility index (Phi) is 41.3. The summed E-state index contributed by atoms with van der Waals surface area (Å²) in [6, 6.07) is 18.2. The van der Waals surface area contributed by atoms with Gasteiger partial charge in [0.05, 0.1) is 6.10 Å². The van der Waals surface area contributed by atoms with Gasteiger partial charge in [-0.3, -0.25) is 0 Å². The van der Waals surface area contributed by atoms with Gasteiger partial charge in [-0.15, -0.1) is 6.58 Å². The minimum Gasteiger partial charge on any atom is -0.389 e. The van der Waals surface area contributed by atoms with E-state index in [4.69, 9.17) is 9.84 Å². The first-order valence-electron chi connectivity index (χ1n) is 15.9. The molecule has 1 unspecified atom stereocenters. The van der Waals surface area contributed by atoms with Crippen molar-refractivity contribution in [2.45, 2.75) is 134 Å². The number of aliphatic hydroxyl groups is 1. The van der Waals surface area contributed by atoms with Crippen molar-refractivity contribution in [2.24, 2.45) is 0 Å². The number of unbranched alkanes of at least 4 members (excludes halogenated alkanes) is 1. The molecule has 2 aromatic rings. The topological polar surface area (TPSA) is 29.5 Å². The first-order chi connectivity index (χ1) is 19.3. The maximum absolute atomic E-state index is 8.53. The number of rotatable bonds is 12. The van der Waals surface area contributed by atoms with E-state index in [1.807, 2.05) is 34.6 Å². The Bertz CT molecular complexity index is 736. The molecule has 232 valence electrons. The van der Waals surface area contributed by atoms with Crippen LogP contribution in [0.5, 0.6) is 0 Å². The van der Waals surface area contributed by atoms with E-state index in [9.17, 15) is 0 Å². The smallest absolute Gasteiger partial charge is 0.0716 e. The van der Waals surface area contributed by atoms with E-state index in [1.54, 1.807) is 19.9 Å². The third-order valence-corrected chi connectivity index (χ3v) is 5.40. The maximum atomic E-state index is 8.53. The van der Waals surface area contributed by atoms with Crippen molar-refractivity contribution in [1.82, 2.24) is 0 Å². The second-order valence-corrected chi connectivity index (χ2v) is 9.13. The van der Waals surface area contributed by atoms with Crippen LogP contribution in [0.3, 0.4) is 0 Å². The summed E-state index contributed by atoms with van der Waals surface area (Å²) in [6.07, 6.45) is 10.8. The molecule has 2 nitrogen and oxygen atoms in total. The molecule has 0 aliphatic rings. The Morgan fingerprint density at radius 3 is 1.35 bits per heavy atom. The predicted octanol–water partition coefficient (Wildman–Crippen LogP) is 11.4. The summed E-state index contributed by atoms with van der Waals surface area (Å²) in [5.41, 5.74) is 6.58. The average Bonchev–Trinajstić information content (AvgIpc) is 2.98. The number of aryl methyl sites for hydroxylation is 4. The van der Waals surface area contributed by atoms with Gasteiger partial charge in [0.25, 0.3) is 0 Å². The van der Waals surface area contributed by atoms with Crippen LogP contribution in [-0.2, 0) is 30.4 Å². The van der Waals surface area contributed by atoms with Crippen LogP contribution in [0.25, 0.3) is 0 Å². The lowest BCUT2D eigenvalue weighted by atomic mass is 10.0. The normalized spacial score (nSPS) is 9.70. The third-order valence-electron chi connectivity index (χ3n) is 5.40. The second kappa shape index (κ2) is 36.8. The van der Waals surface area contributed by atoms with Gasteiger partial charge in [0.15, 0.2) is 0 Å². The van der Waals surface area contributed by atoms with E-state index < -0.39 is 0 Å². The van der Waals surface area contributed by atoms with Crippen LogP contribution in [0.2, 0.25) is 0 Å². The fraction of sp³-hybridized carbons (Fsp3) is 0.579. The molecule has 0 saturated carbocycles. The molecular weight excluding hydrogens is 488 g/mol. The zero-order valence-electron chi connectivity index (χ0n) is 28.6. The fourth-order valence-electron chi connectivity index (χ4n) is 2.88. The minimum atomic E-state index is -0.343. The lowest BCUT2D eigenvalue weighted by Crippen LogP contribution is -1.97. The fourth-order valence-corrected chi connectivity index (χ4v) is 2.88. The van der Waals surface area contributed by atoms with E-state index in [1.165, 1.54) is 47.9 Å². The molecule has 0 radical (unpaired) electrons. The summed E-state index contributed by atoms with van der Waals surface area (Å²) in [7, 11) is 0. The Morgan fingerprint density at radius 2 is 1.07 bits per heavy atom. The number of ether oxygens (including phenoxy) is 1. The SMILES string of the molecule is C=C(C)C(C)O.C=CC.CC.CC.CCCCOCCC.CCCc1ccc(CCc2ccc(CC)cc2)cc1. The van der Waals surface area contributed by atoms with Gasteiger partial charge in [-0.05, 0) is 81.5 Å². The number of benzene rings is 2. The van der Waals surface area contributed by atoms with E-state index in [0.717, 1.165) is 44.5 Å². The summed E-state index contributed by atoms with van der Waals surface area (Å²) in [5, 5.41) is 8.53. The summed E-state index contributed by atoms with van der Waals surface area (Å²) in [5.74, 6) is 0. The van der Waals surface area contributed by atoms with Crippen LogP contribution in [0, 0.1) is 0 Å². The molecule has 0 bridgehead atoms. The van der Waals surface area contributed by atoms with Crippen molar-refractivity contribution in [3.05, 3.63) is 95.6 Å². The van der Waals surface area contributed by atoms with Gasteiger partial charge in [-0.1, -0.05) is 135 Å². The first kappa shape index (κ1) is 44.8. The van der Waals surface area contributed by atoms with Gasteiger partial charge in [-0.25, -0.2) is 0 Å². The molecule has 0 saturated heterocycles. The van der Waals surface area contributed by atoms with Gasteiger partial charge in [0, 0.05) is 13.2 Å². The van der Waals surface area contributed by atoms with E-state index in [0.29, 0.717) is 0 Å². The van der Waals surface area contributed by atoms with Crippen molar-refractivity contribution in [3.8, 4) is 0 Å². The summed E-state index contributed by atoms with van der Waals surface area (Å²) in [6.45, 7) is 30.9. The van der Waals surface area contributed by atoms with E-state index in [2.05, 4.69) is 89.4 Å². The Balaban J connectivity index is -0.000000256. The molecule has 0 aromatic heterocycles. The first-order valence-corrected chi connectivity index (χ1v) is 15.9. The highest BCUT2D eigenvalue weighted by atomic mass is 16.5. The molecule has 2 heteroatoms. The largest absolute Gasteiger partial charge is 0.389 e. The zero-order valence-corrected chi connectivity index (χ0v) is 28.6. The quantitative estimate of drug-likeness (QED) is 0.208. The highest BCUT2D eigenvalue weighted by molar-refractivity contribution is 5.26. The van der Waals surface area contributed by atoms with E-state index in [-0.39, 0.29) is 6.10 Å². The van der Waals surface area contributed by atoms with Crippen LogP contribution >= 0.6 is 0 Å². The van der Waals surface area contributed by atoms with Crippen LogP contribution < -0.4 is 0 Å². The number of hydrogen-bond acceptors (Lipinski definition) is 2. The number of hydrogen-bond donors (Lipinski definition) is 1. The molecule has 0 heterocycles. The molecular formula is C38H68O2. The average molecular weight is 557 g/mol. The number of allylic oxidation sites excluding steroid dienone is 1. The zero-order chi connectivity index (χ0) is 31.6. The molecule has 0 fully saturated rings. The number of aliphatic hydroxyl groups excluding tert-OH is 1. The molecule has 1 N–H and O–H groups in total. The Labute approximate surface area is 252 Å². The minimum absolute atomic E-state index is 0.343. The monoisotopic (exact) mass is 557 g/mol. The van der Waals surface area contributed by atoms with Crippen LogP contribution in [0.15, 0.2) is 73.3 Å². The van der Waals surface area contributed by atoms with Crippen molar-refractivity contribution >= 4 is 0 Å². The molecule has 0 aliphatic heterocycles. The molecule has 2 aromatic carbocycles. The lowest BCUT2D eigenvalue weighted by Gasteiger charge is -2.05. The van der Waals surface area contributed by atoms with Crippen molar-refractivity contribution < 1.29 is 9.84 Å². The summed E-state index contributed by atoms with van der Waals surface area (Å²) in [4.78, 5) is 0. The van der Waals surface area contributed by atoms with Gasteiger partial charge in [0.2, 0.25) is 0 Å². The molecule has 40 heavy (non-hydrogen) atoms. The standard InChI is InChI=1S/C19H24.C7H16O.C5H10O.C3H6.2C2H6/c1-3-5-17-10-12-19(13-11-17)15-14-18-8-6-16(4-2)7-9-18;1-3-5-7-8-6-4-2;1-4(2)5(3)6;1-3-2;2*1-2/h6-13H,3-5,14-15H2,1-2H3;3-7H2,1-2H3;5-6H,1H2,2-3H3;3H,1H2,2H3;2*1-2H3. The molecule has 1 atom stereocenters. The molecule has 0 aliphatic carbocycles. The highest BCUT2D eigenvalue weighted by Gasteiger charge is 1.98. The summed E-state index contributed by atoms with van der Waals surface area (Å²) >= 11 is 0. The maximum Gasteiger partial charge on any atom is 0.0716 e. The predicted molar refractivity (Wildman–Crippen MR) is 185 cm³/mol. The van der Waals surface area contributed by atoms with Crippen molar-refractivity contribution in [2.75, 3.05) is 13.2 Å². The van der Waals surface area contributed by atoms with Crippen molar-refractivity contribution in [3.63, 3.8) is 0 Å². The van der Waals surface area contributed by atoms with Gasteiger partial charge in [0.1, 0.15) is 0 Å². The summed E-state index contributed by atoms with van der Waals surface area (Å²) < 4.78 is 5.22. The van der Waals surface area contributed by atoms with Crippen LogP contribution in [0.1, 0.15) is 124 Å². The second-order valence-electron chi connectivity index (χ2n) is 9.13. The van der Waals surface area contributed by atoms with E-state index >= 15 is 0 Å². The van der Waals surface area contributed by atoms with Crippen LogP contribution in [0.4, 0.5) is 0 Å². The van der Waals surface area contributed by atoms with Crippen LogP contribution in [-0.4, -0.2) is 24.4 Å². The Hall–Kier alpha value is -2.16. The van der Waals surface area contributed by atoms with Crippen molar-refractivity contribution in [1.29, 1.82) is 0 Å². The third kappa shape index (κ3) is 32.1. The Morgan fingerprint density at radius 1 is 0.725 bits per heavy atom. The lowest BCUT2D eigenvalue weighted by molar-refractivity contribution is 0.132. The molecule has 0 amide bonds. The van der Waals surface area contributed by atoms with Gasteiger partial charge >= 0.3 is 0 Å². The highest BCUT2D eigenvalue weighted by Crippen LogP contribution is 2.11. The molecule has 2 rings (SSSR count).